The van der Waals surface area contributed by atoms with E-state index in [1.807, 2.05) is 12.1 Å². The van der Waals surface area contributed by atoms with Gasteiger partial charge in [0.2, 0.25) is 0 Å². The Kier molecular flexibility index (Phi) is 4.51. The van der Waals surface area contributed by atoms with Crippen LogP contribution in [0.2, 0.25) is 0 Å². The van der Waals surface area contributed by atoms with E-state index >= 15 is 0 Å². The summed E-state index contributed by atoms with van der Waals surface area (Å²) in [6.07, 6.45) is 3.31. The molecule has 3 rings (SSSR count). The van der Waals surface area contributed by atoms with Gasteiger partial charge in [0.1, 0.15) is 5.82 Å². The number of nitrogens with one attached hydrogen (secondary N) is 2. The fourth-order valence-corrected chi connectivity index (χ4v) is 2.84. The van der Waals surface area contributed by atoms with E-state index in [1.165, 1.54) is 41.8 Å². The molecule has 0 unspecified atom stereocenters. The van der Waals surface area contributed by atoms with Crippen LogP contribution in [0.3, 0.4) is 0 Å². The summed E-state index contributed by atoms with van der Waals surface area (Å²) in [4.78, 5) is 0. The van der Waals surface area contributed by atoms with Crippen molar-refractivity contribution in [3.63, 3.8) is 0 Å². The third-order valence-corrected chi connectivity index (χ3v) is 3.98. The van der Waals surface area contributed by atoms with Crippen molar-refractivity contribution in [3.05, 3.63) is 65.0 Å². The Labute approximate surface area is 125 Å². The minimum atomic E-state index is -0.173. The van der Waals surface area contributed by atoms with E-state index in [0.717, 1.165) is 31.6 Å². The number of aryl methyl sites for hydroxylation is 1. The van der Waals surface area contributed by atoms with Crippen molar-refractivity contribution in [3.8, 4) is 0 Å². The average molecular weight is 284 g/mol. The fraction of sp³-hybridized carbons (Fsp3) is 0.333. The minimum Gasteiger partial charge on any atom is -0.385 e. The van der Waals surface area contributed by atoms with Crippen molar-refractivity contribution in [1.82, 2.24) is 5.32 Å². The van der Waals surface area contributed by atoms with E-state index < -0.39 is 0 Å². The summed E-state index contributed by atoms with van der Waals surface area (Å²) in [6.45, 7) is 2.84. The Balaban J connectivity index is 1.53. The smallest absolute Gasteiger partial charge is 0.123 e. The molecule has 0 amide bonds. The molecule has 110 valence electrons. The molecular weight excluding hydrogens is 263 g/mol. The van der Waals surface area contributed by atoms with Crippen LogP contribution in [-0.4, -0.2) is 13.1 Å². The van der Waals surface area contributed by atoms with Gasteiger partial charge in [0.15, 0.2) is 0 Å². The summed E-state index contributed by atoms with van der Waals surface area (Å²) < 4.78 is 12.8. The minimum absolute atomic E-state index is 0.173. The lowest BCUT2D eigenvalue weighted by atomic mass is 9.99. The molecule has 0 spiro atoms. The van der Waals surface area contributed by atoms with Crippen molar-refractivity contribution >= 4 is 5.69 Å². The standard InChI is InChI=1S/C18H21FN2/c19-17-8-6-14(7-9-17)10-12-20-13-16-4-1-3-15-5-2-11-21-18(15)16/h1,3-4,6-9,20-21H,2,5,10-13H2. The molecule has 0 aromatic heterocycles. The molecule has 2 nitrogen and oxygen atoms in total. The topological polar surface area (TPSA) is 24.1 Å². The maximum absolute atomic E-state index is 12.8. The van der Waals surface area contributed by atoms with Gasteiger partial charge in [0.05, 0.1) is 0 Å². The first-order valence-corrected chi connectivity index (χ1v) is 7.63. The monoisotopic (exact) mass is 284 g/mol. The van der Waals surface area contributed by atoms with Crippen LogP contribution in [0.25, 0.3) is 0 Å². The van der Waals surface area contributed by atoms with Gasteiger partial charge in [-0.2, -0.15) is 0 Å². The molecule has 3 heteroatoms. The van der Waals surface area contributed by atoms with Gasteiger partial charge < -0.3 is 10.6 Å². The summed E-state index contributed by atoms with van der Waals surface area (Å²) >= 11 is 0. The van der Waals surface area contributed by atoms with Gasteiger partial charge >= 0.3 is 0 Å². The van der Waals surface area contributed by atoms with Crippen LogP contribution in [0.4, 0.5) is 10.1 Å². The Bertz CT molecular complexity index is 593. The predicted molar refractivity (Wildman–Crippen MR) is 85.1 cm³/mol. The van der Waals surface area contributed by atoms with E-state index in [1.54, 1.807) is 0 Å². The molecule has 0 saturated heterocycles. The quantitative estimate of drug-likeness (QED) is 0.821. The molecule has 1 aliphatic rings. The highest BCUT2D eigenvalue weighted by atomic mass is 19.1. The molecule has 0 fully saturated rings. The first-order valence-electron chi connectivity index (χ1n) is 7.63. The van der Waals surface area contributed by atoms with E-state index in [0.29, 0.717) is 0 Å². The molecule has 21 heavy (non-hydrogen) atoms. The highest BCUT2D eigenvalue weighted by molar-refractivity contribution is 5.59. The molecule has 0 saturated carbocycles. The van der Waals surface area contributed by atoms with E-state index in [2.05, 4.69) is 28.8 Å². The lowest BCUT2D eigenvalue weighted by Gasteiger charge is -2.21. The second-order valence-corrected chi connectivity index (χ2v) is 5.53. The summed E-state index contributed by atoms with van der Waals surface area (Å²) in [5.74, 6) is -0.173. The van der Waals surface area contributed by atoms with Gasteiger partial charge in [-0.1, -0.05) is 30.3 Å². The molecule has 2 aromatic carbocycles. The number of para-hydroxylation sites is 1. The van der Waals surface area contributed by atoms with Crippen molar-refractivity contribution in [2.45, 2.75) is 25.8 Å². The van der Waals surface area contributed by atoms with Crippen molar-refractivity contribution in [2.24, 2.45) is 0 Å². The maximum Gasteiger partial charge on any atom is 0.123 e. The third-order valence-electron chi connectivity index (χ3n) is 3.98. The third kappa shape index (κ3) is 3.61. The molecule has 0 bridgehead atoms. The van der Waals surface area contributed by atoms with Crippen molar-refractivity contribution in [1.29, 1.82) is 0 Å². The van der Waals surface area contributed by atoms with Gasteiger partial charge in [-0.25, -0.2) is 4.39 Å². The van der Waals surface area contributed by atoms with Crippen LogP contribution >= 0.6 is 0 Å². The molecule has 2 aromatic rings. The van der Waals surface area contributed by atoms with Crippen LogP contribution in [0.1, 0.15) is 23.1 Å². The molecule has 0 aliphatic carbocycles. The SMILES string of the molecule is Fc1ccc(CCNCc2cccc3c2NCCC3)cc1. The number of hydrogen-bond donors (Lipinski definition) is 2. The normalized spacial score (nSPS) is 13.6. The van der Waals surface area contributed by atoms with Crippen molar-refractivity contribution < 1.29 is 4.39 Å². The van der Waals surface area contributed by atoms with Gasteiger partial charge in [0.25, 0.3) is 0 Å². The lowest BCUT2D eigenvalue weighted by Crippen LogP contribution is -2.20. The van der Waals surface area contributed by atoms with Gasteiger partial charge in [-0.3, -0.25) is 0 Å². The first-order chi connectivity index (χ1) is 10.3. The number of hydrogen-bond acceptors (Lipinski definition) is 2. The van der Waals surface area contributed by atoms with Gasteiger partial charge in [-0.15, -0.1) is 0 Å². The van der Waals surface area contributed by atoms with E-state index in [-0.39, 0.29) is 5.82 Å². The van der Waals surface area contributed by atoms with Crippen LogP contribution < -0.4 is 10.6 Å². The molecule has 1 aliphatic heterocycles. The van der Waals surface area contributed by atoms with Crippen molar-refractivity contribution in [2.75, 3.05) is 18.4 Å². The molecule has 0 atom stereocenters. The number of anilines is 1. The summed E-state index contributed by atoms with van der Waals surface area (Å²) in [6, 6.07) is 13.3. The largest absolute Gasteiger partial charge is 0.385 e. The Morgan fingerprint density at radius 1 is 1.10 bits per heavy atom. The van der Waals surface area contributed by atoms with Gasteiger partial charge in [0, 0.05) is 18.8 Å². The van der Waals surface area contributed by atoms with E-state index in [9.17, 15) is 4.39 Å². The van der Waals surface area contributed by atoms with Crippen LogP contribution in [0, 0.1) is 5.82 Å². The number of benzene rings is 2. The van der Waals surface area contributed by atoms with E-state index in [4.69, 9.17) is 0 Å². The second kappa shape index (κ2) is 6.72. The number of halogens is 1. The summed E-state index contributed by atoms with van der Waals surface area (Å²) in [5, 5.41) is 7.00. The molecule has 2 N–H and O–H groups in total. The van der Waals surface area contributed by atoms with Crippen LogP contribution in [0.15, 0.2) is 42.5 Å². The highest BCUT2D eigenvalue weighted by Crippen LogP contribution is 2.25. The zero-order valence-electron chi connectivity index (χ0n) is 12.2. The first kappa shape index (κ1) is 14.1. The maximum atomic E-state index is 12.8. The Hall–Kier alpha value is -1.87. The lowest BCUT2D eigenvalue weighted by molar-refractivity contribution is 0.626. The molecular formula is C18H21FN2. The zero-order chi connectivity index (χ0) is 14.5. The highest BCUT2D eigenvalue weighted by Gasteiger charge is 2.11. The van der Waals surface area contributed by atoms with Gasteiger partial charge in [-0.05, 0) is 54.6 Å². The van der Waals surface area contributed by atoms with Crippen LogP contribution in [0.5, 0.6) is 0 Å². The Morgan fingerprint density at radius 2 is 1.95 bits per heavy atom. The summed E-state index contributed by atoms with van der Waals surface area (Å²) in [5.41, 5.74) is 5.25. The second-order valence-electron chi connectivity index (χ2n) is 5.53. The zero-order valence-corrected chi connectivity index (χ0v) is 12.2. The van der Waals surface area contributed by atoms with Crippen LogP contribution in [-0.2, 0) is 19.4 Å². The number of rotatable bonds is 5. The predicted octanol–water partition coefficient (Wildman–Crippen LogP) is 3.52. The summed E-state index contributed by atoms with van der Waals surface area (Å²) in [7, 11) is 0. The molecule has 1 heterocycles. The Morgan fingerprint density at radius 3 is 2.81 bits per heavy atom. The number of fused-ring (bicyclic) bond motifs is 1. The average Bonchev–Trinajstić information content (AvgIpc) is 2.53. The molecule has 0 radical (unpaired) electrons. The fourth-order valence-electron chi connectivity index (χ4n) is 2.84.